The van der Waals surface area contributed by atoms with Crippen LogP contribution in [0.15, 0.2) is 78.1 Å². The molecule has 1 aliphatic heterocycles. The first-order chi connectivity index (χ1) is 19.8. The highest BCUT2D eigenvalue weighted by Crippen LogP contribution is 2.34. The molecule has 210 valence electrons. The smallest absolute Gasteiger partial charge is 0.407 e. The first kappa shape index (κ1) is 26.4. The summed E-state index contributed by atoms with van der Waals surface area (Å²) in [5.41, 5.74) is 3.01. The van der Waals surface area contributed by atoms with Gasteiger partial charge in [0, 0.05) is 55.1 Å². The third-order valence-electron chi connectivity index (χ3n) is 7.35. The van der Waals surface area contributed by atoms with Crippen molar-refractivity contribution in [1.82, 2.24) is 34.0 Å². The number of hydrogen-bond donors (Lipinski definition) is 2. The Bertz CT molecular complexity index is 1870. The number of aromatic nitrogens is 5. The van der Waals surface area contributed by atoms with Crippen LogP contribution in [0.3, 0.4) is 0 Å². The Labute approximate surface area is 235 Å². The summed E-state index contributed by atoms with van der Waals surface area (Å²) in [5.74, 6) is -0.696. The number of pyridine rings is 1. The van der Waals surface area contributed by atoms with Gasteiger partial charge in [-0.2, -0.15) is 14.8 Å². The van der Waals surface area contributed by atoms with Crippen LogP contribution in [0.5, 0.6) is 0 Å². The zero-order valence-corrected chi connectivity index (χ0v) is 22.7. The Morgan fingerprint density at radius 3 is 2.66 bits per heavy atom. The molecule has 13 heteroatoms. The van der Waals surface area contributed by atoms with Crippen molar-refractivity contribution in [3.8, 4) is 11.1 Å². The number of rotatable bonds is 7. The van der Waals surface area contributed by atoms with Crippen molar-refractivity contribution in [2.24, 2.45) is 5.92 Å². The second-order valence-corrected chi connectivity index (χ2v) is 11.7. The van der Waals surface area contributed by atoms with Crippen molar-refractivity contribution in [2.45, 2.75) is 24.2 Å². The van der Waals surface area contributed by atoms with Crippen molar-refractivity contribution in [2.75, 3.05) is 19.6 Å². The molecule has 1 atom stereocenters. The standard InChI is InChI=1S/C28H27N7O5S/c36-27(19-6-5-15-33(18-19)28(37)38)30-13-10-20-16-23-22(24-17-32-35-25(24)9-4-12-31-35)11-14-29-26(23)34(20)41(39,40)21-7-2-1-3-8-21/h1-4,7-9,11-12,14,16-17,19H,5-6,10,13,15,18H2,(H,30,36)(H,37,38)/t19-/m0/s1. The monoisotopic (exact) mass is 573 g/mol. The number of carbonyl (C=O) groups excluding carboxylic acids is 1. The molecule has 1 aromatic carbocycles. The summed E-state index contributed by atoms with van der Waals surface area (Å²) in [7, 11) is -4.03. The van der Waals surface area contributed by atoms with Gasteiger partial charge in [-0.25, -0.2) is 22.2 Å². The van der Waals surface area contributed by atoms with Crippen molar-refractivity contribution in [1.29, 1.82) is 0 Å². The number of piperidine rings is 1. The van der Waals surface area contributed by atoms with Crippen LogP contribution in [0.2, 0.25) is 0 Å². The normalized spacial score (nSPS) is 15.8. The minimum Gasteiger partial charge on any atom is -0.465 e. The van der Waals surface area contributed by atoms with Crippen LogP contribution in [0.4, 0.5) is 4.79 Å². The number of hydrogen-bond acceptors (Lipinski definition) is 7. The molecule has 1 saturated heterocycles. The van der Waals surface area contributed by atoms with Crippen molar-refractivity contribution >= 4 is 38.6 Å². The lowest BCUT2D eigenvalue weighted by Crippen LogP contribution is -2.45. The fourth-order valence-corrected chi connectivity index (χ4v) is 6.90. The maximum atomic E-state index is 13.9. The van der Waals surface area contributed by atoms with Crippen LogP contribution in [0, 0.1) is 5.92 Å². The third kappa shape index (κ3) is 4.88. The molecule has 0 radical (unpaired) electrons. The van der Waals surface area contributed by atoms with Gasteiger partial charge in [0.25, 0.3) is 10.0 Å². The summed E-state index contributed by atoms with van der Waals surface area (Å²) in [6.45, 7) is 0.721. The van der Waals surface area contributed by atoms with Crippen molar-refractivity contribution in [3.63, 3.8) is 0 Å². The molecule has 0 spiro atoms. The maximum absolute atomic E-state index is 13.9. The lowest BCUT2D eigenvalue weighted by atomic mass is 9.97. The van der Waals surface area contributed by atoms with Crippen molar-refractivity contribution < 1.29 is 23.1 Å². The van der Waals surface area contributed by atoms with Gasteiger partial charge in [-0.3, -0.25) is 4.79 Å². The van der Waals surface area contributed by atoms with E-state index in [1.807, 2.05) is 12.1 Å². The van der Waals surface area contributed by atoms with E-state index in [2.05, 4.69) is 20.5 Å². The van der Waals surface area contributed by atoms with Gasteiger partial charge in [0.05, 0.1) is 22.5 Å². The number of benzene rings is 1. The molecule has 0 aliphatic carbocycles. The molecule has 5 aromatic rings. The topological polar surface area (TPSA) is 152 Å². The minimum atomic E-state index is -4.03. The predicted octanol–water partition coefficient (Wildman–Crippen LogP) is 3.03. The number of carboxylic acid groups (broad SMARTS) is 1. The summed E-state index contributed by atoms with van der Waals surface area (Å²) in [6, 6.07) is 15.4. The maximum Gasteiger partial charge on any atom is 0.407 e. The summed E-state index contributed by atoms with van der Waals surface area (Å²) >= 11 is 0. The highest BCUT2D eigenvalue weighted by atomic mass is 32.2. The first-order valence-electron chi connectivity index (χ1n) is 13.2. The Hall–Kier alpha value is -4.78. The molecule has 1 aliphatic rings. The van der Waals surface area contributed by atoms with Gasteiger partial charge in [-0.05, 0) is 54.8 Å². The van der Waals surface area contributed by atoms with Crippen LogP contribution in [-0.2, 0) is 21.2 Å². The summed E-state index contributed by atoms with van der Waals surface area (Å²) < 4.78 is 30.6. The van der Waals surface area contributed by atoms with Crippen LogP contribution < -0.4 is 5.32 Å². The van der Waals surface area contributed by atoms with Crippen LogP contribution >= 0.6 is 0 Å². The van der Waals surface area contributed by atoms with Gasteiger partial charge in [-0.1, -0.05) is 18.2 Å². The van der Waals surface area contributed by atoms with E-state index in [1.165, 1.54) is 25.6 Å². The van der Waals surface area contributed by atoms with Gasteiger partial charge in [0.1, 0.15) is 0 Å². The zero-order valence-electron chi connectivity index (χ0n) is 21.9. The number of carbonyl (C=O) groups is 2. The fourth-order valence-electron chi connectivity index (χ4n) is 5.37. The van der Waals surface area contributed by atoms with E-state index in [1.54, 1.807) is 48.9 Å². The molecule has 1 fully saturated rings. The molecule has 4 aromatic heterocycles. The molecule has 0 saturated carbocycles. The van der Waals surface area contributed by atoms with Gasteiger partial charge in [-0.15, -0.1) is 0 Å². The number of fused-ring (bicyclic) bond motifs is 2. The molecule has 41 heavy (non-hydrogen) atoms. The van der Waals surface area contributed by atoms with Crippen LogP contribution in [-0.4, -0.2) is 73.8 Å². The van der Waals surface area contributed by atoms with Crippen molar-refractivity contribution in [3.05, 3.63) is 78.9 Å². The summed E-state index contributed by atoms with van der Waals surface area (Å²) in [4.78, 5) is 30.1. The molecule has 2 N–H and O–H groups in total. The largest absolute Gasteiger partial charge is 0.465 e. The molecular formula is C28H27N7O5S. The number of nitrogens with zero attached hydrogens (tertiary/aromatic N) is 6. The van der Waals surface area contributed by atoms with Gasteiger partial charge < -0.3 is 15.3 Å². The van der Waals surface area contributed by atoms with E-state index in [0.29, 0.717) is 30.5 Å². The molecule has 5 heterocycles. The lowest BCUT2D eigenvalue weighted by molar-refractivity contribution is -0.126. The molecular weight excluding hydrogens is 546 g/mol. The van der Waals surface area contributed by atoms with E-state index in [0.717, 1.165) is 16.6 Å². The second-order valence-electron chi connectivity index (χ2n) is 9.88. The number of amides is 2. The zero-order chi connectivity index (χ0) is 28.6. The second kappa shape index (κ2) is 10.7. The van der Waals surface area contributed by atoms with E-state index in [-0.39, 0.29) is 36.0 Å². The highest BCUT2D eigenvalue weighted by Gasteiger charge is 2.29. The summed E-state index contributed by atoms with van der Waals surface area (Å²) in [5, 5.41) is 21.4. The van der Waals surface area contributed by atoms with Gasteiger partial charge in [0.15, 0.2) is 5.65 Å². The SMILES string of the molecule is O=C(NCCc1cc2c(-c3cnn4ncccc34)ccnc2n1S(=O)(=O)c1ccccc1)[C@H]1CCCN(C(=O)O)C1. The lowest BCUT2D eigenvalue weighted by Gasteiger charge is -2.29. The van der Waals surface area contributed by atoms with E-state index < -0.39 is 22.0 Å². The average Bonchev–Trinajstić information content (AvgIpc) is 3.59. The molecule has 2 amide bonds. The quantitative estimate of drug-likeness (QED) is 0.301. The van der Waals surface area contributed by atoms with E-state index >= 15 is 0 Å². The molecule has 0 unspecified atom stereocenters. The van der Waals surface area contributed by atoms with Crippen LogP contribution in [0.1, 0.15) is 18.5 Å². The predicted molar refractivity (Wildman–Crippen MR) is 150 cm³/mol. The van der Waals surface area contributed by atoms with Gasteiger partial charge >= 0.3 is 6.09 Å². The summed E-state index contributed by atoms with van der Waals surface area (Å²) in [6.07, 6.45) is 5.26. The highest BCUT2D eigenvalue weighted by molar-refractivity contribution is 7.90. The molecule has 12 nitrogen and oxygen atoms in total. The molecule has 0 bridgehead atoms. The Balaban J connectivity index is 1.37. The Morgan fingerprint density at radius 1 is 1.02 bits per heavy atom. The van der Waals surface area contributed by atoms with E-state index in [4.69, 9.17) is 0 Å². The number of nitrogens with one attached hydrogen (secondary N) is 1. The number of likely N-dealkylation sites (tertiary alicyclic amines) is 1. The molecule has 6 rings (SSSR count). The Morgan fingerprint density at radius 2 is 1.85 bits per heavy atom. The average molecular weight is 574 g/mol. The minimum absolute atomic E-state index is 0.117. The third-order valence-corrected chi connectivity index (χ3v) is 9.11. The van der Waals surface area contributed by atoms with Crippen LogP contribution in [0.25, 0.3) is 27.7 Å². The van der Waals surface area contributed by atoms with Gasteiger partial charge in [0.2, 0.25) is 5.91 Å². The van der Waals surface area contributed by atoms with E-state index in [9.17, 15) is 23.1 Å². The fraction of sp³-hybridized carbons (Fsp3) is 0.250. The Kier molecular flexibility index (Phi) is 6.87. The first-order valence-corrected chi connectivity index (χ1v) is 14.6.